The second kappa shape index (κ2) is 5.95. The number of thiophene rings is 1. The third kappa shape index (κ3) is 2.71. The monoisotopic (exact) mass is 318 g/mol. The molecule has 0 amide bonds. The van der Waals surface area contributed by atoms with E-state index in [4.69, 9.17) is 11.6 Å². The zero-order chi connectivity index (χ0) is 14.8. The van der Waals surface area contributed by atoms with Gasteiger partial charge >= 0.3 is 0 Å². The third-order valence-corrected chi connectivity index (χ3v) is 4.50. The summed E-state index contributed by atoms with van der Waals surface area (Å²) in [7, 11) is 0. The Hall–Kier alpha value is -1.72. The normalized spacial score (nSPS) is 11.0. The molecular formula is C15H15ClN4S. The van der Waals surface area contributed by atoms with Crippen molar-refractivity contribution in [1.82, 2.24) is 15.0 Å². The SMILES string of the molecule is CCN(CC)c1nc(Cl)nc(-c2cccc3ccsc23)n1. The van der Waals surface area contributed by atoms with Crippen molar-refractivity contribution in [3.63, 3.8) is 0 Å². The minimum atomic E-state index is 0.232. The van der Waals surface area contributed by atoms with Crippen LogP contribution < -0.4 is 4.90 Å². The lowest BCUT2D eigenvalue weighted by molar-refractivity contribution is 0.814. The van der Waals surface area contributed by atoms with Crippen LogP contribution in [-0.4, -0.2) is 28.0 Å². The average Bonchev–Trinajstić information content (AvgIpc) is 2.96. The fourth-order valence-electron chi connectivity index (χ4n) is 2.28. The van der Waals surface area contributed by atoms with Crippen molar-refractivity contribution >= 4 is 39.0 Å². The van der Waals surface area contributed by atoms with E-state index < -0.39 is 0 Å². The Morgan fingerprint density at radius 3 is 2.67 bits per heavy atom. The van der Waals surface area contributed by atoms with Gasteiger partial charge in [0.2, 0.25) is 11.2 Å². The molecule has 0 aliphatic carbocycles. The maximum Gasteiger partial charge on any atom is 0.230 e. The van der Waals surface area contributed by atoms with Gasteiger partial charge in [0.1, 0.15) is 0 Å². The maximum absolute atomic E-state index is 6.10. The minimum absolute atomic E-state index is 0.232. The predicted octanol–water partition coefficient (Wildman–Crippen LogP) is 4.25. The van der Waals surface area contributed by atoms with E-state index in [9.17, 15) is 0 Å². The van der Waals surface area contributed by atoms with E-state index in [0.717, 1.165) is 18.7 Å². The summed E-state index contributed by atoms with van der Waals surface area (Å²) >= 11 is 7.78. The van der Waals surface area contributed by atoms with E-state index in [1.54, 1.807) is 11.3 Å². The molecule has 3 rings (SSSR count). The first kappa shape index (κ1) is 14.2. The molecule has 0 spiro atoms. The third-order valence-electron chi connectivity index (χ3n) is 3.36. The summed E-state index contributed by atoms with van der Waals surface area (Å²) in [6, 6.07) is 8.22. The average molecular weight is 319 g/mol. The number of fused-ring (bicyclic) bond motifs is 1. The highest BCUT2D eigenvalue weighted by molar-refractivity contribution is 7.17. The molecule has 2 aromatic heterocycles. The summed E-state index contributed by atoms with van der Waals surface area (Å²) in [5.74, 6) is 1.26. The molecular weight excluding hydrogens is 304 g/mol. The number of halogens is 1. The van der Waals surface area contributed by atoms with E-state index in [1.807, 2.05) is 12.1 Å². The summed E-state index contributed by atoms with van der Waals surface area (Å²) in [6.07, 6.45) is 0. The Labute approximate surface area is 132 Å². The lowest BCUT2D eigenvalue weighted by Crippen LogP contribution is -2.24. The first-order valence-corrected chi connectivity index (χ1v) is 8.11. The zero-order valence-electron chi connectivity index (χ0n) is 11.9. The van der Waals surface area contributed by atoms with Gasteiger partial charge in [0.05, 0.1) is 0 Å². The Kier molecular flexibility index (Phi) is 4.03. The Bertz CT molecular complexity index is 767. The van der Waals surface area contributed by atoms with Gasteiger partial charge in [0.15, 0.2) is 5.82 Å². The van der Waals surface area contributed by atoms with Crippen molar-refractivity contribution in [2.75, 3.05) is 18.0 Å². The van der Waals surface area contributed by atoms with Gasteiger partial charge < -0.3 is 4.90 Å². The molecule has 4 nitrogen and oxygen atoms in total. The van der Waals surface area contributed by atoms with Crippen LogP contribution in [-0.2, 0) is 0 Å². The first-order valence-electron chi connectivity index (χ1n) is 6.86. The fourth-order valence-corrected chi connectivity index (χ4v) is 3.34. The van der Waals surface area contributed by atoms with Crippen LogP contribution in [0, 0.1) is 0 Å². The van der Waals surface area contributed by atoms with Gasteiger partial charge in [-0.15, -0.1) is 11.3 Å². The van der Waals surface area contributed by atoms with E-state index in [-0.39, 0.29) is 5.28 Å². The molecule has 0 aliphatic rings. The molecule has 0 saturated carbocycles. The molecule has 21 heavy (non-hydrogen) atoms. The van der Waals surface area contributed by atoms with Crippen molar-refractivity contribution in [3.8, 4) is 11.4 Å². The van der Waals surface area contributed by atoms with Crippen molar-refractivity contribution in [3.05, 3.63) is 34.9 Å². The molecule has 6 heteroatoms. The van der Waals surface area contributed by atoms with Crippen molar-refractivity contribution in [1.29, 1.82) is 0 Å². The molecule has 108 valence electrons. The Morgan fingerprint density at radius 2 is 1.90 bits per heavy atom. The molecule has 0 aliphatic heterocycles. The van der Waals surface area contributed by atoms with Crippen LogP contribution in [0.25, 0.3) is 21.5 Å². The number of rotatable bonds is 4. The fraction of sp³-hybridized carbons (Fsp3) is 0.267. The van der Waals surface area contributed by atoms with E-state index in [0.29, 0.717) is 11.8 Å². The molecule has 0 bridgehead atoms. The van der Waals surface area contributed by atoms with Crippen LogP contribution in [0.2, 0.25) is 5.28 Å². The standard InChI is InChI=1S/C15H15ClN4S/c1-3-20(4-2)15-18-13(17-14(16)19-15)11-7-5-6-10-8-9-21-12(10)11/h5-9H,3-4H2,1-2H3. The van der Waals surface area contributed by atoms with Gasteiger partial charge in [0.25, 0.3) is 0 Å². The van der Waals surface area contributed by atoms with E-state index >= 15 is 0 Å². The second-order valence-corrected chi connectivity index (χ2v) is 5.80. The molecule has 1 aromatic carbocycles. The van der Waals surface area contributed by atoms with Gasteiger partial charge in [-0.3, -0.25) is 0 Å². The highest BCUT2D eigenvalue weighted by atomic mass is 35.5. The van der Waals surface area contributed by atoms with Crippen molar-refractivity contribution in [2.45, 2.75) is 13.8 Å². The van der Waals surface area contributed by atoms with Crippen LogP contribution in [0.3, 0.4) is 0 Å². The molecule has 0 saturated heterocycles. The van der Waals surface area contributed by atoms with Crippen LogP contribution in [0.15, 0.2) is 29.6 Å². The summed E-state index contributed by atoms with van der Waals surface area (Å²) in [5, 5.41) is 3.50. The molecule has 3 aromatic rings. The molecule has 0 atom stereocenters. The Morgan fingerprint density at radius 1 is 1.10 bits per heavy atom. The van der Waals surface area contributed by atoms with Crippen LogP contribution in [0.5, 0.6) is 0 Å². The van der Waals surface area contributed by atoms with E-state index in [2.05, 4.69) is 51.2 Å². The van der Waals surface area contributed by atoms with E-state index in [1.165, 1.54) is 10.1 Å². The van der Waals surface area contributed by atoms with Gasteiger partial charge in [-0.05, 0) is 48.3 Å². The summed E-state index contributed by atoms with van der Waals surface area (Å²) in [5.41, 5.74) is 1.00. The van der Waals surface area contributed by atoms with Gasteiger partial charge in [-0.2, -0.15) is 15.0 Å². The molecule has 0 radical (unpaired) electrons. The maximum atomic E-state index is 6.10. The van der Waals surface area contributed by atoms with Crippen molar-refractivity contribution in [2.24, 2.45) is 0 Å². The van der Waals surface area contributed by atoms with Crippen LogP contribution in [0.1, 0.15) is 13.8 Å². The largest absolute Gasteiger partial charge is 0.341 e. The zero-order valence-corrected chi connectivity index (χ0v) is 13.4. The number of hydrogen-bond acceptors (Lipinski definition) is 5. The number of anilines is 1. The number of hydrogen-bond donors (Lipinski definition) is 0. The summed E-state index contributed by atoms with van der Waals surface area (Å²) in [4.78, 5) is 15.2. The highest BCUT2D eigenvalue weighted by Crippen LogP contribution is 2.31. The smallest absolute Gasteiger partial charge is 0.230 e. The molecule has 2 heterocycles. The molecule has 0 N–H and O–H groups in total. The molecule has 0 unspecified atom stereocenters. The summed E-state index contributed by atoms with van der Waals surface area (Å²) < 4.78 is 1.17. The van der Waals surface area contributed by atoms with Gasteiger partial charge in [-0.25, -0.2) is 0 Å². The number of aromatic nitrogens is 3. The molecule has 0 fully saturated rings. The summed E-state index contributed by atoms with van der Waals surface area (Å²) in [6.45, 7) is 5.81. The van der Waals surface area contributed by atoms with Gasteiger partial charge in [0, 0.05) is 23.4 Å². The lowest BCUT2D eigenvalue weighted by atomic mass is 10.1. The Balaban J connectivity index is 2.16. The van der Waals surface area contributed by atoms with Crippen LogP contribution >= 0.6 is 22.9 Å². The minimum Gasteiger partial charge on any atom is -0.341 e. The van der Waals surface area contributed by atoms with Gasteiger partial charge in [-0.1, -0.05) is 12.1 Å². The second-order valence-electron chi connectivity index (χ2n) is 4.54. The quantitative estimate of drug-likeness (QED) is 0.721. The number of nitrogens with zero attached hydrogens (tertiary/aromatic N) is 4. The lowest BCUT2D eigenvalue weighted by Gasteiger charge is -2.18. The van der Waals surface area contributed by atoms with Crippen molar-refractivity contribution < 1.29 is 0 Å². The predicted molar refractivity (Wildman–Crippen MR) is 89.2 cm³/mol. The first-order chi connectivity index (χ1) is 10.2. The topological polar surface area (TPSA) is 41.9 Å². The highest BCUT2D eigenvalue weighted by Gasteiger charge is 2.13. The van der Waals surface area contributed by atoms with Crippen LogP contribution in [0.4, 0.5) is 5.95 Å². The number of benzene rings is 1.